The molecule has 1 aliphatic rings. The maximum absolute atomic E-state index is 14.0. The largest absolute Gasteiger partial charge is 0.370 e. The first-order valence-electron chi connectivity index (χ1n) is 15.1. The van der Waals surface area contributed by atoms with Crippen molar-refractivity contribution in [1.82, 2.24) is 20.9 Å². The molecule has 5 N–H and O–H groups in total. The predicted octanol–water partition coefficient (Wildman–Crippen LogP) is 3.83. The lowest BCUT2D eigenvalue weighted by atomic mass is 9.90. The third kappa shape index (κ3) is 9.82. The maximum atomic E-state index is 14.0. The fourth-order valence-electron chi connectivity index (χ4n) is 5.36. The molecule has 0 aromatic heterocycles. The SMILES string of the molecule is CN=C(N)NCCCC1NC(CNC(=O)/C=C/c2ccc(C)cc2)CCN(CC(c2ccccc2)c2ccccc2)C1=O. The van der Waals surface area contributed by atoms with Gasteiger partial charge in [0.15, 0.2) is 5.96 Å². The highest BCUT2D eigenvalue weighted by atomic mass is 16.2. The van der Waals surface area contributed by atoms with Gasteiger partial charge in [-0.25, -0.2) is 0 Å². The van der Waals surface area contributed by atoms with Crippen LogP contribution in [0.3, 0.4) is 0 Å². The summed E-state index contributed by atoms with van der Waals surface area (Å²) in [6, 6.07) is 28.3. The minimum Gasteiger partial charge on any atom is -0.370 e. The van der Waals surface area contributed by atoms with Gasteiger partial charge in [-0.15, -0.1) is 0 Å². The molecule has 1 aliphatic heterocycles. The number of guanidine groups is 1. The summed E-state index contributed by atoms with van der Waals surface area (Å²) in [5, 5.41) is 9.68. The normalized spacial score (nSPS) is 17.7. The van der Waals surface area contributed by atoms with Crippen LogP contribution in [0.5, 0.6) is 0 Å². The number of nitrogens with one attached hydrogen (secondary N) is 3. The number of nitrogens with two attached hydrogens (primary N) is 1. The van der Waals surface area contributed by atoms with Crippen LogP contribution in [0.1, 0.15) is 47.4 Å². The van der Waals surface area contributed by atoms with E-state index in [4.69, 9.17) is 5.73 Å². The molecule has 43 heavy (non-hydrogen) atoms. The van der Waals surface area contributed by atoms with Gasteiger partial charge in [0.25, 0.3) is 0 Å². The molecule has 8 nitrogen and oxygen atoms in total. The Balaban J connectivity index is 1.45. The van der Waals surface area contributed by atoms with Crippen LogP contribution in [-0.4, -0.2) is 68.0 Å². The number of amides is 2. The fourth-order valence-corrected chi connectivity index (χ4v) is 5.36. The molecular weight excluding hydrogens is 536 g/mol. The summed E-state index contributed by atoms with van der Waals surface area (Å²) in [4.78, 5) is 32.6. The summed E-state index contributed by atoms with van der Waals surface area (Å²) in [6.07, 6.45) is 5.49. The van der Waals surface area contributed by atoms with Crippen LogP contribution in [-0.2, 0) is 9.59 Å². The summed E-state index contributed by atoms with van der Waals surface area (Å²) < 4.78 is 0. The molecule has 3 aromatic rings. The Labute approximate surface area is 255 Å². The second kappa shape index (κ2) is 16.3. The Bertz CT molecular complexity index is 1320. The van der Waals surface area contributed by atoms with Crippen molar-refractivity contribution in [2.24, 2.45) is 10.7 Å². The standard InChI is InChI=1S/C35H44N6O2/c1-26-15-17-27(18-16-26)19-20-33(42)39-24-30-21-23-41(34(43)32(40-30)14-9-22-38-35(36)37-2)25-31(28-10-5-3-6-11-28)29-12-7-4-8-13-29/h3-8,10-13,15-20,30-32,40H,9,14,21-25H2,1-2H3,(H,39,42)(H3,36,37,38)/b20-19+. The Kier molecular flexibility index (Phi) is 11.9. The molecule has 0 saturated carbocycles. The molecule has 2 atom stereocenters. The Morgan fingerprint density at radius 3 is 2.30 bits per heavy atom. The third-order valence-corrected chi connectivity index (χ3v) is 7.84. The number of nitrogens with zero attached hydrogens (tertiary/aromatic N) is 2. The van der Waals surface area contributed by atoms with Crippen LogP contribution >= 0.6 is 0 Å². The molecule has 2 unspecified atom stereocenters. The monoisotopic (exact) mass is 580 g/mol. The number of hydrogen-bond acceptors (Lipinski definition) is 4. The van der Waals surface area contributed by atoms with Crippen LogP contribution < -0.4 is 21.7 Å². The average molecular weight is 581 g/mol. The molecule has 3 aromatic carbocycles. The van der Waals surface area contributed by atoms with E-state index in [9.17, 15) is 9.59 Å². The van der Waals surface area contributed by atoms with Gasteiger partial charge in [-0.2, -0.15) is 0 Å². The van der Waals surface area contributed by atoms with Crippen molar-refractivity contribution in [3.63, 3.8) is 0 Å². The fraction of sp³-hybridized carbons (Fsp3) is 0.343. The van der Waals surface area contributed by atoms with Crippen molar-refractivity contribution in [3.05, 3.63) is 113 Å². The smallest absolute Gasteiger partial charge is 0.244 e. The molecule has 0 bridgehead atoms. The van der Waals surface area contributed by atoms with Gasteiger partial charge >= 0.3 is 0 Å². The lowest BCUT2D eigenvalue weighted by molar-refractivity contribution is -0.133. The zero-order valence-electron chi connectivity index (χ0n) is 25.2. The van der Waals surface area contributed by atoms with Crippen LogP contribution in [0.15, 0.2) is 96.0 Å². The van der Waals surface area contributed by atoms with Gasteiger partial charge in [0.1, 0.15) is 0 Å². The average Bonchev–Trinajstić information content (AvgIpc) is 3.19. The molecule has 1 heterocycles. The summed E-state index contributed by atoms with van der Waals surface area (Å²) in [5.41, 5.74) is 10.3. The quantitative estimate of drug-likeness (QED) is 0.113. The van der Waals surface area contributed by atoms with Gasteiger partial charge < -0.3 is 26.6 Å². The van der Waals surface area contributed by atoms with E-state index in [1.807, 2.05) is 78.6 Å². The van der Waals surface area contributed by atoms with E-state index >= 15 is 0 Å². The Morgan fingerprint density at radius 1 is 1.02 bits per heavy atom. The van der Waals surface area contributed by atoms with Gasteiger partial charge in [0, 0.05) is 51.3 Å². The number of aryl methyl sites for hydroxylation is 1. The van der Waals surface area contributed by atoms with Gasteiger partial charge in [0.05, 0.1) is 6.04 Å². The first kappa shape index (κ1) is 31.5. The van der Waals surface area contributed by atoms with Crippen LogP contribution in [0, 0.1) is 6.92 Å². The van der Waals surface area contributed by atoms with Crippen molar-refractivity contribution in [3.8, 4) is 0 Å². The first-order valence-corrected chi connectivity index (χ1v) is 15.1. The highest BCUT2D eigenvalue weighted by Crippen LogP contribution is 2.27. The predicted molar refractivity (Wildman–Crippen MR) is 175 cm³/mol. The molecule has 1 fully saturated rings. The Hall–Kier alpha value is -4.43. The number of rotatable bonds is 12. The van der Waals surface area contributed by atoms with Crippen molar-refractivity contribution in [2.45, 2.75) is 44.2 Å². The molecule has 0 radical (unpaired) electrons. The molecule has 4 rings (SSSR count). The number of aliphatic imine (C=N–C) groups is 1. The molecule has 226 valence electrons. The van der Waals surface area contributed by atoms with Crippen molar-refractivity contribution in [2.75, 3.05) is 33.2 Å². The minimum absolute atomic E-state index is 0.0437. The second-order valence-corrected chi connectivity index (χ2v) is 11.0. The molecule has 8 heteroatoms. The van der Waals surface area contributed by atoms with E-state index in [0.717, 1.165) is 18.4 Å². The number of carbonyl (C=O) groups excluding carboxylic acids is 2. The summed E-state index contributed by atoms with van der Waals surface area (Å²) in [5.74, 6) is 0.368. The van der Waals surface area contributed by atoms with Crippen LogP contribution in [0.2, 0.25) is 0 Å². The summed E-state index contributed by atoms with van der Waals surface area (Å²) in [6.45, 7) is 4.27. The highest BCUT2D eigenvalue weighted by molar-refractivity contribution is 5.91. The number of hydrogen-bond donors (Lipinski definition) is 4. The second-order valence-electron chi connectivity index (χ2n) is 11.0. The van der Waals surface area contributed by atoms with E-state index in [-0.39, 0.29) is 29.8 Å². The Morgan fingerprint density at radius 2 is 1.67 bits per heavy atom. The van der Waals surface area contributed by atoms with E-state index in [1.54, 1.807) is 13.1 Å². The van der Waals surface area contributed by atoms with Gasteiger partial charge in [-0.05, 0) is 49.0 Å². The maximum Gasteiger partial charge on any atom is 0.244 e. The summed E-state index contributed by atoms with van der Waals surface area (Å²) >= 11 is 0. The van der Waals surface area contributed by atoms with E-state index in [1.165, 1.54) is 16.7 Å². The van der Waals surface area contributed by atoms with Gasteiger partial charge in [0.2, 0.25) is 11.8 Å². The number of benzene rings is 3. The third-order valence-electron chi connectivity index (χ3n) is 7.84. The van der Waals surface area contributed by atoms with Crippen molar-refractivity contribution < 1.29 is 9.59 Å². The zero-order chi connectivity index (χ0) is 30.4. The lowest BCUT2D eigenvalue weighted by Crippen LogP contribution is -2.49. The van der Waals surface area contributed by atoms with E-state index < -0.39 is 0 Å². The van der Waals surface area contributed by atoms with Crippen molar-refractivity contribution in [1.29, 1.82) is 0 Å². The van der Waals surface area contributed by atoms with E-state index in [2.05, 4.69) is 45.2 Å². The van der Waals surface area contributed by atoms with Crippen LogP contribution in [0.25, 0.3) is 6.08 Å². The minimum atomic E-state index is -0.374. The molecule has 0 aliphatic carbocycles. The van der Waals surface area contributed by atoms with E-state index in [0.29, 0.717) is 38.6 Å². The molecular formula is C35H44N6O2. The molecule has 1 saturated heterocycles. The first-order chi connectivity index (χ1) is 20.9. The topological polar surface area (TPSA) is 112 Å². The molecule has 2 amide bonds. The lowest BCUT2D eigenvalue weighted by Gasteiger charge is -2.29. The van der Waals surface area contributed by atoms with Gasteiger partial charge in [-0.1, -0.05) is 90.5 Å². The summed E-state index contributed by atoms with van der Waals surface area (Å²) in [7, 11) is 1.64. The van der Waals surface area contributed by atoms with Crippen molar-refractivity contribution >= 4 is 23.8 Å². The number of carbonyl (C=O) groups is 2. The van der Waals surface area contributed by atoms with Crippen LogP contribution in [0.4, 0.5) is 0 Å². The van der Waals surface area contributed by atoms with Gasteiger partial charge in [-0.3, -0.25) is 14.6 Å². The highest BCUT2D eigenvalue weighted by Gasteiger charge is 2.32. The molecule has 0 spiro atoms. The zero-order valence-corrected chi connectivity index (χ0v) is 25.2.